The molecule has 164 valence electrons. The fourth-order valence-corrected chi connectivity index (χ4v) is 3.65. The van der Waals surface area contributed by atoms with Gasteiger partial charge in [-0.05, 0) is 43.3 Å². The van der Waals surface area contributed by atoms with Crippen molar-refractivity contribution in [1.82, 2.24) is 19.9 Å². The van der Waals surface area contributed by atoms with Crippen molar-refractivity contribution in [2.75, 3.05) is 18.2 Å². The Morgan fingerprint density at radius 3 is 2.53 bits per heavy atom. The summed E-state index contributed by atoms with van der Waals surface area (Å²) >= 11 is 1.27. The lowest BCUT2D eigenvalue weighted by Gasteiger charge is -2.11. The molecule has 0 aliphatic carbocycles. The van der Waals surface area contributed by atoms with Gasteiger partial charge in [-0.25, -0.2) is 0 Å². The third-order valence-corrected chi connectivity index (χ3v) is 5.30. The van der Waals surface area contributed by atoms with Crippen LogP contribution in [0.4, 0.5) is 5.82 Å². The first-order valence-electron chi connectivity index (χ1n) is 9.75. The van der Waals surface area contributed by atoms with Crippen molar-refractivity contribution in [3.63, 3.8) is 0 Å². The van der Waals surface area contributed by atoms with Crippen LogP contribution >= 0.6 is 11.8 Å². The number of carbonyl (C=O) groups excluding carboxylic acids is 1. The number of nitrogens with zero attached hydrogens (tertiary/aromatic N) is 4. The van der Waals surface area contributed by atoms with Gasteiger partial charge in [-0.2, -0.15) is 0 Å². The zero-order valence-electron chi connectivity index (χ0n) is 17.5. The number of para-hydroxylation sites is 1. The number of hydrogen-bond donors (Lipinski definition) is 1. The minimum absolute atomic E-state index is 0.135. The zero-order valence-corrected chi connectivity index (χ0v) is 18.3. The van der Waals surface area contributed by atoms with Crippen LogP contribution in [-0.4, -0.2) is 38.7 Å². The third-order valence-electron chi connectivity index (χ3n) is 4.37. The van der Waals surface area contributed by atoms with Crippen molar-refractivity contribution in [1.29, 1.82) is 0 Å². The summed E-state index contributed by atoms with van der Waals surface area (Å²) in [5.74, 6) is 2.97. The van der Waals surface area contributed by atoms with Gasteiger partial charge in [-0.15, -0.1) is 10.2 Å². The van der Waals surface area contributed by atoms with Crippen LogP contribution in [0, 0.1) is 6.92 Å². The fourth-order valence-electron chi connectivity index (χ4n) is 2.88. The van der Waals surface area contributed by atoms with E-state index >= 15 is 0 Å². The molecule has 4 aromatic rings. The van der Waals surface area contributed by atoms with Crippen LogP contribution in [-0.2, 0) is 11.4 Å². The minimum atomic E-state index is -0.220. The van der Waals surface area contributed by atoms with Crippen LogP contribution in [0.25, 0.3) is 5.69 Å². The molecule has 0 aliphatic heterocycles. The van der Waals surface area contributed by atoms with E-state index in [1.54, 1.807) is 20.1 Å². The van der Waals surface area contributed by atoms with Gasteiger partial charge >= 0.3 is 0 Å². The molecule has 0 spiro atoms. The van der Waals surface area contributed by atoms with E-state index in [2.05, 4.69) is 20.7 Å². The molecule has 2 aromatic carbocycles. The first kappa shape index (κ1) is 21.4. The maximum atomic E-state index is 12.3. The van der Waals surface area contributed by atoms with Crippen molar-refractivity contribution in [3.8, 4) is 17.2 Å². The van der Waals surface area contributed by atoms with Gasteiger partial charge in [0.25, 0.3) is 0 Å². The van der Waals surface area contributed by atoms with E-state index in [-0.39, 0.29) is 18.3 Å². The Balaban J connectivity index is 1.48. The topological polar surface area (TPSA) is 104 Å². The highest BCUT2D eigenvalue weighted by Gasteiger charge is 2.17. The molecule has 2 heterocycles. The van der Waals surface area contributed by atoms with E-state index in [1.807, 2.05) is 59.2 Å². The van der Waals surface area contributed by atoms with Gasteiger partial charge in [0.05, 0.1) is 12.9 Å². The van der Waals surface area contributed by atoms with Gasteiger partial charge in [0.15, 0.2) is 16.8 Å². The number of ether oxygens (including phenoxy) is 2. The molecule has 32 heavy (non-hydrogen) atoms. The summed E-state index contributed by atoms with van der Waals surface area (Å²) in [6.45, 7) is 1.97. The summed E-state index contributed by atoms with van der Waals surface area (Å²) in [7, 11) is 1.62. The van der Waals surface area contributed by atoms with E-state index < -0.39 is 0 Å². The number of anilines is 1. The summed E-state index contributed by atoms with van der Waals surface area (Å²) in [4.78, 5) is 12.3. The van der Waals surface area contributed by atoms with Gasteiger partial charge in [0.1, 0.15) is 23.9 Å². The molecule has 10 heteroatoms. The second-order valence-corrected chi connectivity index (χ2v) is 7.64. The standard InChI is InChI=1S/C22H21N5O4S/c1-15-12-19(26-31-15)23-21(28)14-32-22-25-24-20(27(22)16-6-4-3-5-7-16)13-30-18-10-8-17(29-2)9-11-18/h3-12H,13-14H2,1-2H3,(H,23,26,28). The third kappa shape index (κ3) is 5.27. The summed E-state index contributed by atoms with van der Waals surface area (Å²) in [6, 6.07) is 18.6. The monoisotopic (exact) mass is 451 g/mol. The van der Waals surface area contributed by atoms with E-state index in [4.69, 9.17) is 14.0 Å². The predicted molar refractivity (Wildman–Crippen MR) is 119 cm³/mol. The lowest BCUT2D eigenvalue weighted by atomic mass is 10.3. The van der Waals surface area contributed by atoms with Gasteiger partial charge in [0.2, 0.25) is 5.91 Å². The highest BCUT2D eigenvalue weighted by atomic mass is 32.2. The lowest BCUT2D eigenvalue weighted by Crippen LogP contribution is -2.15. The molecule has 0 unspecified atom stereocenters. The van der Waals surface area contributed by atoms with Gasteiger partial charge in [-0.1, -0.05) is 35.1 Å². The molecule has 4 rings (SSSR count). The Morgan fingerprint density at radius 2 is 1.84 bits per heavy atom. The molecule has 0 aliphatic rings. The average molecular weight is 452 g/mol. The number of aromatic nitrogens is 4. The van der Waals surface area contributed by atoms with Crippen LogP contribution < -0.4 is 14.8 Å². The minimum Gasteiger partial charge on any atom is -0.497 e. The van der Waals surface area contributed by atoms with Crippen molar-refractivity contribution < 1.29 is 18.8 Å². The first-order chi connectivity index (χ1) is 15.6. The summed E-state index contributed by atoms with van der Waals surface area (Å²) in [5.41, 5.74) is 0.876. The Bertz CT molecular complexity index is 1170. The number of carbonyl (C=O) groups is 1. The number of nitrogens with one attached hydrogen (secondary N) is 1. The molecule has 0 bridgehead atoms. The van der Waals surface area contributed by atoms with Crippen molar-refractivity contribution in [2.45, 2.75) is 18.7 Å². The molecule has 0 atom stereocenters. The predicted octanol–water partition coefficient (Wildman–Crippen LogP) is 3.88. The van der Waals surface area contributed by atoms with E-state index in [1.165, 1.54) is 11.8 Å². The molecule has 0 saturated heterocycles. The maximum absolute atomic E-state index is 12.3. The summed E-state index contributed by atoms with van der Waals surface area (Å²) in [6.07, 6.45) is 0. The largest absolute Gasteiger partial charge is 0.497 e. The Hall–Kier alpha value is -3.79. The molecule has 1 N–H and O–H groups in total. The Kier molecular flexibility index (Phi) is 6.71. The second-order valence-electron chi connectivity index (χ2n) is 6.69. The highest BCUT2D eigenvalue weighted by Crippen LogP contribution is 2.24. The van der Waals surface area contributed by atoms with E-state index in [0.29, 0.717) is 28.3 Å². The van der Waals surface area contributed by atoms with Gasteiger partial charge in [-0.3, -0.25) is 9.36 Å². The van der Waals surface area contributed by atoms with Crippen molar-refractivity contribution in [2.24, 2.45) is 0 Å². The second kappa shape index (κ2) is 10.0. The average Bonchev–Trinajstić information content (AvgIpc) is 3.42. The quantitative estimate of drug-likeness (QED) is 0.382. The summed E-state index contributed by atoms with van der Waals surface area (Å²) in [5, 5.41) is 15.6. The number of benzene rings is 2. The molecule has 0 fully saturated rings. The first-order valence-corrected chi connectivity index (χ1v) is 10.7. The van der Waals surface area contributed by atoms with E-state index in [0.717, 1.165) is 11.4 Å². The Morgan fingerprint density at radius 1 is 1.09 bits per heavy atom. The van der Waals surface area contributed by atoms with Gasteiger partial charge < -0.3 is 19.3 Å². The molecular formula is C22H21N5O4S. The smallest absolute Gasteiger partial charge is 0.236 e. The van der Waals surface area contributed by atoms with E-state index in [9.17, 15) is 4.79 Å². The van der Waals surface area contributed by atoms with Crippen LogP contribution in [0.3, 0.4) is 0 Å². The lowest BCUT2D eigenvalue weighted by molar-refractivity contribution is -0.113. The van der Waals surface area contributed by atoms with Crippen molar-refractivity contribution in [3.05, 3.63) is 72.2 Å². The number of methoxy groups -OCH3 is 1. The zero-order chi connectivity index (χ0) is 22.3. The Labute approximate surface area is 188 Å². The fraction of sp³-hybridized carbons (Fsp3) is 0.182. The van der Waals surface area contributed by atoms with Crippen LogP contribution in [0.1, 0.15) is 11.6 Å². The SMILES string of the molecule is COc1ccc(OCc2nnc(SCC(=O)Nc3cc(C)on3)n2-c2ccccc2)cc1. The number of thioether (sulfide) groups is 1. The number of aryl methyl sites for hydroxylation is 1. The number of amides is 1. The summed E-state index contributed by atoms with van der Waals surface area (Å²) < 4.78 is 17.9. The highest BCUT2D eigenvalue weighted by molar-refractivity contribution is 7.99. The van der Waals surface area contributed by atoms with Crippen LogP contribution in [0.15, 0.2) is 70.3 Å². The molecule has 9 nitrogen and oxygen atoms in total. The van der Waals surface area contributed by atoms with Gasteiger partial charge in [0, 0.05) is 11.8 Å². The maximum Gasteiger partial charge on any atom is 0.236 e. The van der Waals surface area contributed by atoms with Crippen molar-refractivity contribution >= 4 is 23.5 Å². The molecule has 0 radical (unpaired) electrons. The number of hydrogen-bond acceptors (Lipinski definition) is 8. The normalized spacial score (nSPS) is 10.7. The van der Waals surface area contributed by atoms with Crippen LogP contribution in [0.5, 0.6) is 11.5 Å². The molecular weight excluding hydrogens is 430 g/mol. The molecule has 2 aromatic heterocycles. The molecule has 1 amide bonds. The number of rotatable bonds is 9. The molecule has 0 saturated carbocycles. The van der Waals surface area contributed by atoms with Crippen LogP contribution in [0.2, 0.25) is 0 Å².